The van der Waals surface area contributed by atoms with Gasteiger partial charge in [0.2, 0.25) is 0 Å². The summed E-state index contributed by atoms with van der Waals surface area (Å²) in [5.41, 5.74) is 3.02. The highest BCUT2D eigenvalue weighted by molar-refractivity contribution is 5.89. The normalized spacial score (nSPS) is 15.5. The molecular formula is C18H23N5O. The number of amides is 2. The Bertz CT molecular complexity index is 735. The van der Waals surface area contributed by atoms with E-state index >= 15 is 0 Å². The third-order valence-corrected chi connectivity index (χ3v) is 4.31. The van der Waals surface area contributed by atoms with Crippen LogP contribution in [-0.4, -0.2) is 26.8 Å². The van der Waals surface area contributed by atoms with Gasteiger partial charge in [0.1, 0.15) is 5.82 Å². The molecule has 0 saturated carbocycles. The lowest BCUT2D eigenvalue weighted by Crippen LogP contribution is -2.38. The van der Waals surface area contributed by atoms with Crippen LogP contribution in [0.2, 0.25) is 0 Å². The molecule has 1 atom stereocenters. The first-order valence-corrected chi connectivity index (χ1v) is 8.34. The van der Waals surface area contributed by atoms with Crippen molar-refractivity contribution in [3.05, 3.63) is 42.2 Å². The van der Waals surface area contributed by atoms with Crippen LogP contribution in [0.15, 0.2) is 42.2 Å². The predicted octanol–water partition coefficient (Wildman–Crippen LogP) is 3.49. The average Bonchev–Trinajstić information content (AvgIpc) is 2.97. The summed E-state index contributed by atoms with van der Waals surface area (Å²) in [6.45, 7) is 2.03. The number of allylic oxidation sites excluding steroid dienone is 1. The van der Waals surface area contributed by atoms with E-state index in [-0.39, 0.29) is 12.1 Å². The first-order chi connectivity index (χ1) is 11.6. The highest BCUT2D eigenvalue weighted by Crippen LogP contribution is 2.21. The second-order valence-corrected chi connectivity index (χ2v) is 6.13. The lowest BCUT2D eigenvalue weighted by atomic mass is 9.95. The van der Waals surface area contributed by atoms with Crippen LogP contribution in [0.25, 0.3) is 11.3 Å². The summed E-state index contributed by atoms with van der Waals surface area (Å²) in [5.74, 6) is 0.649. The lowest BCUT2D eigenvalue weighted by molar-refractivity contribution is 0.250. The number of carbonyl (C=O) groups excluding carboxylic acids is 1. The fourth-order valence-electron chi connectivity index (χ4n) is 2.94. The zero-order valence-electron chi connectivity index (χ0n) is 14.1. The van der Waals surface area contributed by atoms with E-state index in [1.54, 1.807) is 17.1 Å². The van der Waals surface area contributed by atoms with Gasteiger partial charge in [-0.05, 0) is 44.7 Å². The molecule has 1 unspecified atom stereocenters. The molecule has 0 radical (unpaired) electrons. The number of aromatic nitrogens is 3. The number of aryl methyl sites for hydroxylation is 1. The molecule has 3 rings (SSSR count). The summed E-state index contributed by atoms with van der Waals surface area (Å²) in [6.07, 6.45) is 10.4. The minimum Gasteiger partial charge on any atom is -0.332 e. The Kier molecular flexibility index (Phi) is 4.93. The van der Waals surface area contributed by atoms with Gasteiger partial charge in [0.15, 0.2) is 0 Å². The van der Waals surface area contributed by atoms with Gasteiger partial charge in [-0.3, -0.25) is 15.0 Å². The molecule has 2 N–H and O–H groups in total. The van der Waals surface area contributed by atoms with Gasteiger partial charge >= 0.3 is 6.03 Å². The standard InChI is InChI=1S/C18H23N5O/c1-13(14-7-4-3-5-8-14)20-18(24)21-17-11-16(22-23(17)2)15-9-6-10-19-12-15/h6-7,9-13H,3-5,8H2,1-2H3,(H2,20,21,24). The van der Waals surface area contributed by atoms with Crippen molar-refractivity contribution >= 4 is 11.8 Å². The second-order valence-electron chi connectivity index (χ2n) is 6.13. The largest absolute Gasteiger partial charge is 0.332 e. The number of carbonyl (C=O) groups is 1. The molecule has 126 valence electrons. The van der Waals surface area contributed by atoms with Gasteiger partial charge in [-0.25, -0.2) is 4.79 Å². The van der Waals surface area contributed by atoms with E-state index in [1.807, 2.05) is 32.2 Å². The van der Waals surface area contributed by atoms with Crippen LogP contribution in [0.1, 0.15) is 32.6 Å². The van der Waals surface area contributed by atoms with Crippen LogP contribution < -0.4 is 10.6 Å². The minimum atomic E-state index is -0.213. The third kappa shape index (κ3) is 3.82. The highest BCUT2D eigenvalue weighted by Gasteiger charge is 2.15. The van der Waals surface area contributed by atoms with Gasteiger partial charge in [-0.1, -0.05) is 11.6 Å². The molecule has 0 saturated heterocycles. The number of hydrogen-bond acceptors (Lipinski definition) is 3. The zero-order chi connectivity index (χ0) is 16.9. The number of urea groups is 1. The summed E-state index contributed by atoms with van der Waals surface area (Å²) in [6, 6.07) is 5.49. The van der Waals surface area contributed by atoms with E-state index in [0.717, 1.165) is 24.1 Å². The first-order valence-electron chi connectivity index (χ1n) is 8.34. The Labute approximate surface area is 142 Å². The van der Waals surface area contributed by atoms with E-state index in [4.69, 9.17) is 0 Å². The van der Waals surface area contributed by atoms with Crippen molar-refractivity contribution in [1.82, 2.24) is 20.1 Å². The van der Waals surface area contributed by atoms with Gasteiger partial charge < -0.3 is 5.32 Å². The van der Waals surface area contributed by atoms with E-state index in [9.17, 15) is 4.79 Å². The van der Waals surface area contributed by atoms with Gasteiger partial charge in [-0.2, -0.15) is 5.10 Å². The fourth-order valence-corrected chi connectivity index (χ4v) is 2.94. The van der Waals surface area contributed by atoms with Crippen LogP contribution >= 0.6 is 0 Å². The molecule has 1 aliphatic rings. The number of pyridine rings is 1. The second kappa shape index (κ2) is 7.29. The Balaban J connectivity index is 1.64. The highest BCUT2D eigenvalue weighted by atomic mass is 16.2. The van der Waals surface area contributed by atoms with Crippen molar-refractivity contribution < 1.29 is 4.79 Å². The van der Waals surface area contributed by atoms with E-state index in [1.165, 1.54) is 18.4 Å². The molecule has 2 aromatic rings. The monoisotopic (exact) mass is 325 g/mol. The lowest BCUT2D eigenvalue weighted by Gasteiger charge is -2.21. The number of hydrogen-bond donors (Lipinski definition) is 2. The average molecular weight is 325 g/mol. The molecule has 2 aromatic heterocycles. The van der Waals surface area contributed by atoms with Crippen LogP contribution in [0.5, 0.6) is 0 Å². The van der Waals surface area contributed by atoms with Crippen molar-refractivity contribution in [2.45, 2.75) is 38.6 Å². The topological polar surface area (TPSA) is 71.8 Å². The maximum absolute atomic E-state index is 12.3. The van der Waals surface area contributed by atoms with E-state index < -0.39 is 0 Å². The molecule has 24 heavy (non-hydrogen) atoms. The predicted molar refractivity (Wildman–Crippen MR) is 94.6 cm³/mol. The molecule has 0 spiro atoms. The van der Waals surface area contributed by atoms with Crippen molar-refractivity contribution in [3.8, 4) is 11.3 Å². The molecule has 1 aliphatic carbocycles. The summed E-state index contributed by atoms with van der Waals surface area (Å²) < 4.78 is 1.66. The smallest absolute Gasteiger partial charge is 0.320 e. The zero-order valence-corrected chi connectivity index (χ0v) is 14.1. The molecule has 0 bridgehead atoms. The fraction of sp³-hybridized carbons (Fsp3) is 0.389. The quantitative estimate of drug-likeness (QED) is 0.845. The molecular weight excluding hydrogens is 302 g/mol. The van der Waals surface area contributed by atoms with E-state index in [0.29, 0.717) is 5.82 Å². The van der Waals surface area contributed by atoms with Crippen LogP contribution in [0.3, 0.4) is 0 Å². The van der Waals surface area contributed by atoms with Crippen LogP contribution in [-0.2, 0) is 7.05 Å². The van der Waals surface area contributed by atoms with E-state index in [2.05, 4.69) is 26.8 Å². The molecule has 2 heterocycles. The molecule has 6 heteroatoms. The van der Waals surface area contributed by atoms with Gasteiger partial charge in [0, 0.05) is 37.1 Å². The molecule has 2 amide bonds. The van der Waals surface area contributed by atoms with Crippen molar-refractivity contribution in [2.24, 2.45) is 7.05 Å². The minimum absolute atomic E-state index is 0.0521. The Morgan fingerprint density at radius 1 is 1.38 bits per heavy atom. The maximum Gasteiger partial charge on any atom is 0.320 e. The van der Waals surface area contributed by atoms with Gasteiger partial charge in [0.25, 0.3) is 0 Å². The Morgan fingerprint density at radius 2 is 2.25 bits per heavy atom. The molecule has 0 aliphatic heterocycles. The molecule has 6 nitrogen and oxygen atoms in total. The summed E-state index contributed by atoms with van der Waals surface area (Å²) >= 11 is 0. The van der Waals surface area contributed by atoms with Gasteiger partial charge in [-0.15, -0.1) is 0 Å². The summed E-state index contributed by atoms with van der Waals surface area (Å²) in [4.78, 5) is 16.4. The Morgan fingerprint density at radius 3 is 2.96 bits per heavy atom. The molecule has 0 aromatic carbocycles. The van der Waals surface area contributed by atoms with Gasteiger partial charge in [0.05, 0.1) is 5.69 Å². The Hall–Kier alpha value is -2.63. The number of rotatable bonds is 4. The first kappa shape index (κ1) is 16.2. The number of anilines is 1. The summed E-state index contributed by atoms with van der Waals surface area (Å²) in [7, 11) is 1.81. The SMILES string of the molecule is CC(NC(=O)Nc1cc(-c2cccnc2)nn1C)C1=CCCCC1. The van der Waals surface area contributed by atoms with Crippen LogP contribution in [0, 0.1) is 0 Å². The molecule has 0 fully saturated rings. The maximum atomic E-state index is 12.3. The van der Waals surface area contributed by atoms with Crippen molar-refractivity contribution in [2.75, 3.05) is 5.32 Å². The van der Waals surface area contributed by atoms with Crippen LogP contribution in [0.4, 0.5) is 10.6 Å². The third-order valence-electron chi connectivity index (χ3n) is 4.31. The van der Waals surface area contributed by atoms with Crippen molar-refractivity contribution in [3.63, 3.8) is 0 Å². The number of nitrogens with zero attached hydrogens (tertiary/aromatic N) is 3. The summed E-state index contributed by atoms with van der Waals surface area (Å²) in [5, 5.41) is 10.3. The van der Waals surface area contributed by atoms with Crippen molar-refractivity contribution in [1.29, 1.82) is 0 Å². The number of nitrogens with one attached hydrogen (secondary N) is 2.